The Hall–Kier alpha value is -0.610. The Morgan fingerprint density at radius 2 is 2.43 bits per heavy atom. The van der Waals surface area contributed by atoms with Crippen LogP contribution in [0.4, 0.5) is 0 Å². The molecular weight excluding hydrogens is 180 g/mol. The molecule has 0 spiro atoms. The second-order valence-corrected chi connectivity index (χ2v) is 3.74. The number of hydrogen-bond donors (Lipinski definition) is 1. The van der Waals surface area contributed by atoms with Crippen LogP contribution >= 0.6 is 0 Å². The fourth-order valence-corrected chi connectivity index (χ4v) is 1.72. The van der Waals surface area contributed by atoms with Gasteiger partial charge < -0.3 is 15.0 Å². The third-order valence-corrected chi connectivity index (χ3v) is 2.56. The van der Waals surface area contributed by atoms with Crippen molar-refractivity contribution < 1.29 is 9.53 Å². The molecule has 0 aromatic rings. The first-order chi connectivity index (χ1) is 6.75. The summed E-state index contributed by atoms with van der Waals surface area (Å²) in [5.41, 5.74) is 0. The summed E-state index contributed by atoms with van der Waals surface area (Å²) in [6.45, 7) is 5.40. The van der Waals surface area contributed by atoms with Crippen LogP contribution in [-0.2, 0) is 9.53 Å². The summed E-state index contributed by atoms with van der Waals surface area (Å²) in [5.74, 6) is 0.211. The van der Waals surface area contributed by atoms with E-state index in [0.717, 1.165) is 26.1 Å². The monoisotopic (exact) mass is 200 g/mol. The molecule has 1 aliphatic heterocycles. The summed E-state index contributed by atoms with van der Waals surface area (Å²) in [5, 5.41) is 3.31. The molecule has 1 saturated heterocycles. The first-order valence-corrected chi connectivity index (χ1v) is 5.25. The van der Waals surface area contributed by atoms with E-state index in [4.69, 9.17) is 4.74 Å². The molecule has 1 heterocycles. The molecular formula is C10H20N2O2. The Balaban J connectivity index is 2.41. The van der Waals surface area contributed by atoms with Crippen molar-refractivity contribution in [2.24, 2.45) is 0 Å². The molecule has 1 atom stereocenters. The number of rotatable bonds is 3. The lowest BCUT2D eigenvalue weighted by atomic mass is 10.2. The van der Waals surface area contributed by atoms with Gasteiger partial charge in [0.25, 0.3) is 0 Å². The zero-order valence-corrected chi connectivity index (χ0v) is 9.08. The Morgan fingerprint density at radius 3 is 3.14 bits per heavy atom. The lowest BCUT2D eigenvalue weighted by Crippen LogP contribution is -2.41. The minimum atomic E-state index is 0.211. The molecule has 0 bridgehead atoms. The number of carbonyl (C=O) groups excluding carboxylic acids is 1. The van der Waals surface area contributed by atoms with Crippen LogP contribution in [0.15, 0.2) is 0 Å². The van der Waals surface area contributed by atoms with E-state index in [-0.39, 0.29) is 5.91 Å². The van der Waals surface area contributed by atoms with E-state index < -0.39 is 0 Å². The Kier molecular flexibility index (Phi) is 4.90. The van der Waals surface area contributed by atoms with Gasteiger partial charge in [-0.2, -0.15) is 0 Å². The van der Waals surface area contributed by atoms with Crippen LogP contribution in [0.3, 0.4) is 0 Å². The number of amides is 1. The Bertz CT molecular complexity index is 185. The van der Waals surface area contributed by atoms with Crippen molar-refractivity contribution >= 4 is 5.91 Å². The van der Waals surface area contributed by atoms with Crippen molar-refractivity contribution in [1.29, 1.82) is 0 Å². The highest BCUT2D eigenvalue weighted by atomic mass is 16.5. The number of nitrogens with one attached hydrogen (secondary N) is 1. The number of hydrogen-bond acceptors (Lipinski definition) is 3. The molecule has 4 nitrogen and oxygen atoms in total. The molecule has 1 N–H and O–H groups in total. The first kappa shape index (κ1) is 11.5. The van der Waals surface area contributed by atoms with Crippen LogP contribution < -0.4 is 5.32 Å². The molecule has 82 valence electrons. The van der Waals surface area contributed by atoms with Gasteiger partial charge in [0, 0.05) is 26.2 Å². The molecule has 0 aliphatic carbocycles. The average Bonchev–Trinajstić information content (AvgIpc) is 2.39. The van der Waals surface area contributed by atoms with Gasteiger partial charge in [-0.15, -0.1) is 0 Å². The van der Waals surface area contributed by atoms with E-state index in [2.05, 4.69) is 12.2 Å². The van der Waals surface area contributed by atoms with E-state index in [1.165, 1.54) is 0 Å². The van der Waals surface area contributed by atoms with Crippen molar-refractivity contribution in [3.05, 3.63) is 0 Å². The molecule has 0 aromatic heterocycles. The highest BCUT2D eigenvalue weighted by Gasteiger charge is 2.20. The summed E-state index contributed by atoms with van der Waals surface area (Å²) < 4.78 is 4.91. The van der Waals surface area contributed by atoms with Gasteiger partial charge in [0.05, 0.1) is 13.0 Å². The minimum Gasteiger partial charge on any atom is -0.384 e. The first-order valence-electron chi connectivity index (χ1n) is 5.25. The maximum Gasteiger partial charge on any atom is 0.225 e. The predicted molar refractivity (Wildman–Crippen MR) is 55.2 cm³/mol. The van der Waals surface area contributed by atoms with Crippen LogP contribution in [0, 0.1) is 0 Å². The maximum atomic E-state index is 11.7. The molecule has 1 fully saturated rings. The van der Waals surface area contributed by atoms with Crippen LogP contribution in [0.2, 0.25) is 0 Å². The van der Waals surface area contributed by atoms with E-state index in [1.807, 2.05) is 4.90 Å². The fraction of sp³-hybridized carbons (Fsp3) is 0.900. The van der Waals surface area contributed by atoms with Gasteiger partial charge in [-0.25, -0.2) is 0 Å². The zero-order valence-electron chi connectivity index (χ0n) is 9.08. The smallest absolute Gasteiger partial charge is 0.225 e. The van der Waals surface area contributed by atoms with E-state index in [0.29, 0.717) is 19.1 Å². The van der Waals surface area contributed by atoms with Crippen molar-refractivity contribution in [2.75, 3.05) is 33.4 Å². The molecule has 0 aromatic carbocycles. The molecule has 1 aliphatic rings. The van der Waals surface area contributed by atoms with Gasteiger partial charge in [0.2, 0.25) is 5.91 Å². The SMILES string of the molecule is COCCC(=O)N1CCCNCC1C. The van der Waals surface area contributed by atoms with E-state index >= 15 is 0 Å². The summed E-state index contributed by atoms with van der Waals surface area (Å²) in [4.78, 5) is 13.7. The second kappa shape index (κ2) is 5.98. The van der Waals surface area contributed by atoms with Crippen LogP contribution in [0.5, 0.6) is 0 Å². The molecule has 0 radical (unpaired) electrons. The van der Waals surface area contributed by atoms with Crippen molar-refractivity contribution in [2.45, 2.75) is 25.8 Å². The molecule has 14 heavy (non-hydrogen) atoms. The third-order valence-electron chi connectivity index (χ3n) is 2.56. The van der Waals surface area contributed by atoms with Crippen molar-refractivity contribution in [1.82, 2.24) is 10.2 Å². The fourth-order valence-electron chi connectivity index (χ4n) is 1.72. The quantitative estimate of drug-likeness (QED) is 0.709. The summed E-state index contributed by atoms with van der Waals surface area (Å²) in [7, 11) is 1.63. The van der Waals surface area contributed by atoms with E-state index in [9.17, 15) is 4.79 Å². The molecule has 1 amide bonds. The average molecular weight is 200 g/mol. The Morgan fingerprint density at radius 1 is 1.64 bits per heavy atom. The number of nitrogens with zero attached hydrogens (tertiary/aromatic N) is 1. The third kappa shape index (κ3) is 3.27. The van der Waals surface area contributed by atoms with Crippen molar-refractivity contribution in [3.8, 4) is 0 Å². The van der Waals surface area contributed by atoms with Gasteiger partial charge in [-0.1, -0.05) is 0 Å². The summed E-state index contributed by atoms with van der Waals surface area (Å²) in [6.07, 6.45) is 1.55. The molecule has 1 rings (SSSR count). The minimum absolute atomic E-state index is 0.211. The lowest BCUT2D eigenvalue weighted by molar-refractivity contribution is -0.133. The summed E-state index contributed by atoms with van der Waals surface area (Å²) >= 11 is 0. The maximum absolute atomic E-state index is 11.7. The van der Waals surface area contributed by atoms with Gasteiger partial charge in [0.1, 0.15) is 0 Å². The normalized spacial score (nSPS) is 23.3. The van der Waals surface area contributed by atoms with Gasteiger partial charge in [0.15, 0.2) is 0 Å². The summed E-state index contributed by atoms with van der Waals surface area (Å²) in [6, 6.07) is 0.307. The Labute approximate surface area is 85.6 Å². The topological polar surface area (TPSA) is 41.6 Å². The number of methoxy groups -OCH3 is 1. The highest BCUT2D eigenvalue weighted by molar-refractivity contribution is 5.76. The number of carbonyl (C=O) groups is 1. The molecule has 4 heteroatoms. The molecule has 1 unspecified atom stereocenters. The van der Waals surface area contributed by atoms with E-state index in [1.54, 1.807) is 7.11 Å². The highest BCUT2D eigenvalue weighted by Crippen LogP contribution is 2.05. The van der Waals surface area contributed by atoms with Crippen LogP contribution in [0.1, 0.15) is 19.8 Å². The largest absolute Gasteiger partial charge is 0.384 e. The van der Waals surface area contributed by atoms with Crippen LogP contribution in [-0.4, -0.2) is 50.2 Å². The van der Waals surface area contributed by atoms with Gasteiger partial charge >= 0.3 is 0 Å². The lowest BCUT2D eigenvalue weighted by Gasteiger charge is -2.26. The van der Waals surface area contributed by atoms with Gasteiger partial charge in [-0.05, 0) is 19.9 Å². The standard InChI is InChI=1S/C10H20N2O2/c1-9-8-11-5-3-6-12(9)10(13)4-7-14-2/h9,11H,3-8H2,1-2H3. The molecule has 0 saturated carbocycles. The van der Waals surface area contributed by atoms with Gasteiger partial charge in [-0.3, -0.25) is 4.79 Å². The zero-order chi connectivity index (χ0) is 10.4. The predicted octanol–water partition coefficient (Wildman–Crippen LogP) is 0.233. The van der Waals surface area contributed by atoms with Crippen molar-refractivity contribution in [3.63, 3.8) is 0 Å². The second-order valence-electron chi connectivity index (χ2n) is 3.74. The number of ether oxygens (including phenoxy) is 1. The van der Waals surface area contributed by atoms with Crippen LogP contribution in [0.25, 0.3) is 0 Å².